The van der Waals surface area contributed by atoms with Gasteiger partial charge in [-0.2, -0.15) is 13.2 Å². The first kappa shape index (κ1) is 13.9. The van der Waals surface area contributed by atoms with Crippen molar-refractivity contribution in [2.75, 3.05) is 0 Å². The lowest BCUT2D eigenvalue weighted by Crippen LogP contribution is -2.08. The van der Waals surface area contributed by atoms with E-state index in [1.54, 1.807) is 18.2 Å². The Morgan fingerprint density at radius 1 is 1.26 bits per heavy atom. The van der Waals surface area contributed by atoms with Crippen molar-refractivity contribution in [1.82, 2.24) is 14.8 Å². The van der Waals surface area contributed by atoms with Gasteiger partial charge in [-0.25, -0.2) is 9.67 Å². The molecule has 0 aliphatic heterocycles. The van der Waals surface area contributed by atoms with Gasteiger partial charge in [0, 0.05) is 0 Å². The number of hydrogen-bond acceptors (Lipinski definition) is 2. The molecule has 0 N–H and O–H groups in total. The van der Waals surface area contributed by atoms with Gasteiger partial charge in [-0.15, -0.1) is 5.10 Å². The van der Waals surface area contributed by atoms with Crippen LogP contribution in [0.4, 0.5) is 13.2 Å². The predicted octanol–water partition coefficient (Wildman–Crippen LogP) is 4.06. The van der Waals surface area contributed by atoms with Crippen LogP contribution < -0.4 is 0 Å². The van der Waals surface area contributed by atoms with E-state index < -0.39 is 12.0 Å². The summed E-state index contributed by atoms with van der Waals surface area (Å²) in [6.07, 6.45) is -3.56. The van der Waals surface area contributed by atoms with Gasteiger partial charge in [0.1, 0.15) is 6.33 Å². The first-order valence-corrected chi connectivity index (χ1v) is 5.95. The molecule has 0 amide bonds. The molecule has 1 aromatic heterocycles. The van der Waals surface area contributed by atoms with Crippen LogP contribution in [0, 0.1) is 0 Å². The molecule has 1 heterocycles. The summed E-state index contributed by atoms with van der Waals surface area (Å²) in [5.74, 6) is -0.899. The van der Waals surface area contributed by atoms with Crippen molar-refractivity contribution in [1.29, 1.82) is 0 Å². The summed E-state index contributed by atoms with van der Waals surface area (Å²) in [5.41, 5.74) is 1.37. The van der Waals surface area contributed by atoms with Crippen molar-refractivity contribution in [3.8, 4) is 5.69 Å². The fourth-order valence-corrected chi connectivity index (χ4v) is 1.85. The highest BCUT2D eigenvalue weighted by atomic mass is 35.5. The number of halogens is 4. The van der Waals surface area contributed by atoms with Crippen molar-refractivity contribution in [2.45, 2.75) is 25.9 Å². The van der Waals surface area contributed by atoms with Gasteiger partial charge in [0.05, 0.1) is 10.7 Å². The van der Waals surface area contributed by atoms with Gasteiger partial charge in [0.25, 0.3) is 5.82 Å². The molecule has 0 saturated carbocycles. The summed E-state index contributed by atoms with van der Waals surface area (Å²) in [5, 5.41) is 3.72. The fourth-order valence-electron chi connectivity index (χ4n) is 1.58. The van der Waals surface area contributed by atoms with Crippen LogP contribution >= 0.6 is 11.6 Å². The van der Waals surface area contributed by atoms with Gasteiger partial charge in [-0.05, 0) is 23.6 Å². The van der Waals surface area contributed by atoms with E-state index in [1.807, 2.05) is 13.8 Å². The normalized spacial score (nSPS) is 12.2. The standard InChI is InChI=1S/C12H11ClF3N3/c1-7(2)8-3-4-10(9(13)5-8)19-6-17-11(18-19)12(14,15)16/h3-7H,1-2H3. The summed E-state index contributed by atoms with van der Waals surface area (Å²) in [7, 11) is 0. The lowest BCUT2D eigenvalue weighted by Gasteiger charge is -2.09. The monoisotopic (exact) mass is 289 g/mol. The summed E-state index contributed by atoms with van der Waals surface area (Å²) in [4.78, 5) is 3.23. The second-order valence-corrected chi connectivity index (χ2v) is 4.78. The molecule has 0 aliphatic rings. The van der Waals surface area contributed by atoms with Crippen molar-refractivity contribution in [3.05, 3.63) is 40.9 Å². The molecular formula is C12H11ClF3N3. The smallest absolute Gasteiger partial charge is 0.219 e. The molecular weight excluding hydrogens is 279 g/mol. The highest BCUT2D eigenvalue weighted by Crippen LogP contribution is 2.28. The maximum Gasteiger partial charge on any atom is 0.453 e. The van der Waals surface area contributed by atoms with Crippen LogP contribution in [-0.4, -0.2) is 14.8 Å². The second-order valence-electron chi connectivity index (χ2n) is 4.38. The van der Waals surface area contributed by atoms with Gasteiger partial charge in [0.15, 0.2) is 0 Å². The number of hydrogen-bond donors (Lipinski definition) is 0. The second kappa shape index (κ2) is 4.85. The zero-order chi connectivity index (χ0) is 14.2. The van der Waals surface area contributed by atoms with Crippen molar-refractivity contribution >= 4 is 11.6 Å². The fraction of sp³-hybridized carbons (Fsp3) is 0.333. The Bertz CT molecular complexity index is 590. The predicted molar refractivity (Wildman–Crippen MR) is 65.5 cm³/mol. The average Bonchev–Trinajstić information content (AvgIpc) is 2.77. The van der Waals surface area contributed by atoms with E-state index in [-0.39, 0.29) is 5.92 Å². The molecule has 0 spiro atoms. The maximum absolute atomic E-state index is 12.4. The molecule has 2 aromatic rings. The maximum atomic E-state index is 12.4. The minimum absolute atomic E-state index is 0.285. The Morgan fingerprint density at radius 3 is 2.42 bits per heavy atom. The van der Waals surface area contributed by atoms with Gasteiger partial charge in [-0.3, -0.25) is 0 Å². The van der Waals surface area contributed by atoms with E-state index in [2.05, 4.69) is 10.1 Å². The lowest BCUT2D eigenvalue weighted by molar-refractivity contribution is -0.144. The van der Waals surface area contributed by atoms with Crippen LogP contribution in [-0.2, 0) is 6.18 Å². The first-order chi connectivity index (χ1) is 8.79. The van der Waals surface area contributed by atoms with Gasteiger partial charge in [-0.1, -0.05) is 31.5 Å². The summed E-state index contributed by atoms with van der Waals surface area (Å²) >= 11 is 6.06. The molecule has 102 valence electrons. The van der Waals surface area contributed by atoms with E-state index in [0.29, 0.717) is 10.7 Å². The molecule has 7 heteroatoms. The molecule has 0 unspecified atom stereocenters. The van der Waals surface area contributed by atoms with Crippen LogP contribution in [0.25, 0.3) is 5.69 Å². The highest BCUT2D eigenvalue weighted by Gasteiger charge is 2.36. The Hall–Kier alpha value is -1.56. The number of aromatic nitrogens is 3. The minimum Gasteiger partial charge on any atom is -0.219 e. The molecule has 3 nitrogen and oxygen atoms in total. The van der Waals surface area contributed by atoms with Gasteiger partial charge < -0.3 is 0 Å². The first-order valence-electron chi connectivity index (χ1n) is 5.57. The molecule has 2 rings (SSSR count). The summed E-state index contributed by atoms with van der Waals surface area (Å²) < 4.78 is 38.3. The van der Waals surface area contributed by atoms with Crippen molar-refractivity contribution in [2.24, 2.45) is 0 Å². The van der Waals surface area contributed by atoms with Crippen LogP contribution in [0.5, 0.6) is 0 Å². The van der Waals surface area contributed by atoms with Crippen LogP contribution in [0.1, 0.15) is 31.2 Å². The number of rotatable bonds is 2. The Morgan fingerprint density at radius 2 is 1.95 bits per heavy atom. The van der Waals surface area contributed by atoms with Crippen LogP contribution in [0.3, 0.4) is 0 Å². The largest absolute Gasteiger partial charge is 0.453 e. The van der Waals surface area contributed by atoms with E-state index in [4.69, 9.17) is 11.6 Å². The Kier molecular flexibility index (Phi) is 3.54. The molecule has 19 heavy (non-hydrogen) atoms. The lowest BCUT2D eigenvalue weighted by atomic mass is 10.0. The Balaban J connectivity index is 2.40. The van der Waals surface area contributed by atoms with Crippen molar-refractivity contribution < 1.29 is 13.2 Å². The molecule has 0 saturated heterocycles. The van der Waals surface area contributed by atoms with Gasteiger partial charge in [0.2, 0.25) is 0 Å². The van der Waals surface area contributed by atoms with Gasteiger partial charge >= 0.3 is 6.18 Å². The molecule has 0 aliphatic carbocycles. The minimum atomic E-state index is -4.56. The average molecular weight is 290 g/mol. The Labute approximate surface area is 113 Å². The zero-order valence-corrected chi connectivity index (χ0v) is 11.0. The summed E-state index contributed by atoms with van der Waals surface area (Å²) in [6.45, 7) is 4.01. The highest BCUT2D eigenvalue weighted by molar-refractivity contribution is 6.32. The topological polar surface area (TPSA) is 30.7 Å². The third-order valence-electron chi connectivity index (χ3n) is 2.63. The molecule has 0 bridgehead atoms. The molecule has 0 atom stereocenters. The van der Waals surface area contributed by atoms with Crippen LogP contribution in [0.15, 0.2) is 24.5 Å². The van der Waals surface area contributed by atoms with E-state index >= 15 is 0 Å². The SMILES string of the molecule is CC(C)c1ccc(-n2cnc(C(F)(F)F)n2)c(Cl)c1. The number of alkyl halides is 3. The molecule has 1 aromatic carbocycles. The molecule has 0 radical (unpaired) electrons. The molecule has 0 fully saturated rings. The summed E-state index contributed by atoms with van der Waals surface area (Å²) in [6, 6.07) is 5.16. The van der Waals surface area contributed by atoms with Crippen LogP contribution in [0.2, 0.25) is 5.02 Å². The number of benzene rings is 1. The third-order valence-corrected chi connectivity index (χ3v) is 2.93. The number of nitrogens with zero attached hydrogens (tertiary/aromatic N) is 3. The van der Waals surface area contributed by atoms with E-state index in [1.165, 1.54) is 0 Å². The van der Waals surface area contributed by atoms with Crippen molar-refractivity contribution in [3.63, 3.8) is 0 Å². The van der Waals surface area contributed by atoms with E-state index in [9.17, 15) is 13.2 Å². The third kappa shape index (κ3) is 2.89. The van der Waals surface area contributed by atoms with E-state index in [0.717, 1.165) is 16.6 Å². The quantitative estimate of drug-likeness (QED) is 0.834. The zero-order valence-electron chi connectivity index (χ0n) is 10.2.